The minimum Gasteiger partial charge on any atom is -0.492 e. The van der Waals surface area contributed by atoms with Gasteiger partial charge in [0.1, 0.15) is 24.7 Å². The Morgan fingerprint density at radius 3 is 1.49 bits per heavy atom. The van der Waals surface area contributed by atoms with Crippen LogP contribution in [0.4, 0.5) is 0 Å². The van der Waals surface area contributed by atoms with E-state index in [2.05, 4.69) is 112 Å². The number of ether oxygens (including phenoxy) is 2. The molecule has 0 spiro atoms. The molecule has 1 aliphatic carbocycles. The number of benzene rings is 4. The van der Waals surface area contributed by atoms with Crippen molar-refractivity contribution in [2.24, 2.45) is 0 Å². The second kappa shape index (κ2) is 11.6. The van der Waals surface area contributed by atoms with E-state index in [1.807, 2.05) is 23.5 Å². The van der Waals surface area contributed by atoms with Gasteiger partial charge in [0, 0.05) is 22.0 Å². The Hall–Kier alpha value is -3.34. The zero-order chi connectivity index (χ0) is 29.6. The molecule has 0 amide bonds. The van der Waals surface area contributed by atoms with Gasteiger partial charge in [-0.05, 0) is 83.3 Å². The fourth-order valence-corrected chi connectivity index (χ4v) is 7.34. The van der Waals surface area contributed by atoms with Crippen molar-refractivity contribution in [3.63, 3.8) is 0 Å². The molecule has 0 N–H and O–H groups in total. The summed E-state index contributed by atoms with van der Waals surface area (Å²) >= 11 is 3.93. The summed E-state index contributed by atoms with van der Waals surface area (Å²) in [6.45, 7) is 14.3. The third-order valence-corrected chi connectivity index (χ3v) is 10.5. The predicted octanol–water partition coefficient (Wildman–Crippen LogP) is 9.28. The van der Waals surface area contributed by atoms with E-state index < -0.39 is 5.41 Å². The standard InChI is InChI=1S/C39H38O2S2/c1-25(2)17-27-19-29(13-15-37(27)40-21-31-23-42-31)39(35-11-7-5-9-33(35)34-10-6-8-12-36(34)39)30-14-16-38(41-22-32-24-43-32)28(20-30)18-26(3)4/h5-16,19-20,31-32H,1,3,17-18,21-24H2,2,4H3. The van der Waals surface area contributed by atoms with E-state index in [-0.39, 0.29) is 0 Å². The lowest BCUT2D eigenvalue weighted by Gasteiger charge is -2.35. The van der Waals surface area contributed by atoms with Gasteiger partial charge in [-0.1, -0.05) is 97.1 Å². The van der Waals surface area contributed by atoms with Crippen molar-refractivity contribution in [1.82, 2.24) is 0 Å². The molecule has 2 aliphatic heterocycles. The fraction of sp³-hybridized carbons (Fsp3) is 0.282. The largest absolute Gasteiger partial charge is 0.492 e. The van der Waals surface area contributed by atoms with Gasteiger partial charge in [0.15, 0.2) is 0 Å². The molecule has 218 valence electrons. The Labute approximate surface area is 264 Å². The van der Waals surface area contributed by atoms with Crippen LogP contribution in [0.5, 0.6) is 11.5 Å². The molecule has 4 heteroatoms. The van der Waals surface area contributed by atoms with E-state index in [0.717, 1.165) is 48.7 Å². The van der Waals surface area contributed by atoms with Crippen LogP contribution in [0.3, 0.4) is 0 Å². The summed E-state index contributed by atoms with van der Waals surface area (Å²) in [5.41, 5.74) is 11.9. The topological polar surface area (TPSA) is 18.5 Å². The van der Waals surface area contributed by atoms with Crippen molar-refractivity contribution in [2.75, 3.05) is 24.7 Å². The maximum Gasteiger partial charge on any atom is 0.122 e. The average Bonchev–Trinajstić information content (AvgIpc) is 3.93. The van der Waals surface area contributed by atoms with Crippen molar-refractivity contribution in [2.45, 2.75) is 42.6 Å². The number of hydrogen-bond acceptors (Lipinski definition) is 4. The number of fused-ring (bicyclic) bond motifs is 3. The molecule has 2 heterocycles. The second-order valence-corrected chi connectivity index (χ2v) is 15.0. The first-order valence-electron chi connectivity index (χ1n) is 15.2. The highest BCUT2D eigenvalue weighted by molar-refractivity contribution is 8.07. The van der Waals surface area contributed by atoms with Crippen LogP contribution < -0.4 is 9.47 Å². The number of hydrogen-bond donors (Lipinski definition) is 0. The second-order valence-electron chi connectivity index (χ2n) is 12.3. The van der Waals surface area contributed by atoms with E-state index >= 15 is 0 Å². The monoisotopic (exact) mass is 602 g/mol. The molecule has 4 aromatic carbocycles. The van der Waals surface area contributed by atoms with E-state index in [1.54, 1.807) is 0 Å². The molecule has 7 rings (SSSR count). The summed E-state index contributed by atoms with van der Waals surface area (Å²) in [6, 6.07) is 31.6. The quantitative estimate of drug-likeness (QED) is 0.105. The molecule has 2 atom stereocenters. The summed E-state index contributed by atoms with van der Waals surface area (Å²) in [5, 5.41) is 1.23. The third kappa shape index (κ3) is 5.56. The minimum absolute atomic E-state index is 0.489. The van der Waals surface area contributed by atoms with Crippen LogP contribution in [0.1, 0.15) is 47.2 Å². The summed E-state index contributed by atoms with van der Waals surface area (Å²) in [6.07, 6.45) is 1.57. The zero-order valence-corrected chi connectivity index (χ0v) is 26.7. The summed E-state index contributed by atoms with van der Waals surface area (Å²) in [4.78, 5) is 0. The highest BCUT2D eigenvalue weighted by Crippen LogP contribution is 2.57. The van der Waals surface area contributed by atoms with Crippen LogP contribution in [0, 0.1) is 0 Å². The molecule has 2 nitrogen and oxygen atoms in total. The van der Waals surface area contributed by atoms with E-state index in [4.69, 9.17) is 9.47 Å². The summed E-state index contributed by atoms with van der Waals surface area (Å²) < 4.78 is 12.8. The van der Waals surface area contributed by atoms with Gasteiger partial charge in [0.2, 0.25) is 0 Å². The Bertz CT molecular complexity index is 1590. The molecule has 3 aliphatic rings. The maximum atomic E-state index is 6.40. The normalized spacial score (nSPS) is 18.8. The number of rotatable bonds is 12. The van der Waals surface area contributed by atoms with Crippen molar-refractivity contribution >= 4 is 23.5 Å². The molecule has 0 aromatic heterocycles. The van der Waals surface area contributed by atoms with Gasteiger partial charge in [0.25, 0.3) is 0 Å². The molecule has 4 aromatic rings. The van der Waals surface area contributed by atoms with Gasteiger partial charge in [0.05, 0.1) is 5.41 Å². The minimum atomic E-state index is -0.489. The van der Waals surface area contributed by atoms with Gasteiger partial charge < -0.3 is 9.47 Å². The first-order valence-corrected chi connectivity index (χ1v) is 17.3. The Morgan fingerprint density at radius 2 is 1.09 bits per heavy atom. The van der Waals surface area contributed by atoms with Crippen LogP contribution in [-0.2, 0) is 18.3 Å². The molecule has 2 saturated heterocycles. The van der Waals surface area contributed by atoms with Gasteiger partial charge in [-0.2, -0.15) is 23.5 Å². The smallest absolute Gasteiger partial charge is 0.122 e. The Morgan fingerprint density at radius 1 is 0.674 bits per heavy atom. The Balaban J connectivity index is 1.45. The lowest BCUT2D eigenvalue weighted by atomic mass is 9.67. The Kier molecular flexibility index (Phi) is 7.69. The summed E-state index contributed by atoms with van der Waals surface area (Å²) in [7, 11) is 0. The first-order chi connectivity index (χ1) is 20.9. The fourth-order valence-electron chi connectivity index (χ4n) is 6.55. The number of allylic oxidation sites excluding steroid dienone is 2. The molecular weight excluding hydrogens is 565 g/mol. The summed E-state index contributed by atoms with van der Waals surface area (Å²) in [5.74, 6) is 4.32. The molecule has 0 radical (unpaired) electrons. The third-order valence-electron chi connectivity index (χ3n) is 8.58. The van der Waals surface area contributed by atoms with Crippen molar-refractivity contribution in [1.29, 1.82) is 0 Å². The molecule has 43 heavy (non-hydrogen) atoms. The van der Waals surface area contributed by atoms with Gasteiger partial charge >= 0.3 is 0 Å². The first kappa shape index (κ1) is 28.4. The van der Waals surface area contributed by atoms with Crippen LogP contribution in [0.15, 0.2) is 109 Å². The van der Waals surface area contributed by atoms with Crippen LogP contribution in [0.2, 0.25) is 0 Å². The van der Waals surface area contributed by atoms with Crippen molar-refractivity contribution < 1.29 is 9.47 Å². The SMILES string of the molecule is C=C(C)Cc1cc(C2(c3ccc(OCC4CS4)c(CC(=C)C)c3)c3ccccc3-c3ccccc32)ccc1OCC1CS1. The number of thioether (sulfide) groups is 2. The molecule has 0 saturated carbocycles. The average molecular weight is 603 g/mol. The van der Waals surface area contributed by atoms with Gasteiger partial charge in [-0.15, -0.1) is 0 Å². The zero-order valence-electron chi connectivity index (χ0n) is 25.0. The van der Waals surface area contributed by atoms with Crippen molar-refractivity contribution in [3.05, 3.63) is 143 Å². The van der Waals surface area contributed by atoms with Crippen molar-refractivity contribution in [3.8, 4) is 22.6 Å². The van der Waals surface area contributed by atoms with Crippen LogP contribution in [-0.4, -0.2) is 35.2 Å². The maximum absolute atomic E-state index is 6.40. The lowest BCUT2D eigenvalue weighted by molar-refractivity contribution is 0.326. The van der Waals surface area contributed by atoms with E-state index in [1.165, 1.54) is 56.0 Å². The van der Waals surface area contributed by atoms with Crippen LogP contribution in [0.25, 0.3) is 11.1 Å². The molecule has 0 bridgehead atoms. The highest BCUT2D eigenvalue weighted by Gasteiger charge is 2.46. The molecule has 2 unspecified atom stereocenters. The molecular formula is C39H38O2S2. The van der Waals surface area contributed by atoms with E-state index in [9.17, 15) is 0 Å². The highest BCUT2D eigenvalue weighted by atomic mass is 32.2. The van der Waals surface area contributed by atoms with Crippen LogP contribution >= 0.6 is 23.5 Å². The van der Waals surface area contributed by atoms with E-state index in [0.29, 0.717) is 10.5 Å². The van der Waals surface area contributed by atoms with Gasteiger partial charge in [-0.3, -0.25) is 0 Å². The lowest BCUT2D eigenvalue weighted by Crippen LogP contribution is -2.29. The predicted molar refractivity (Wildman–Crippen MR) is 184 cm³/mol. The molecule has 2 fully saturated rings. The van der Waals surface area contributed by atoms with Gasteiger partial charge in [-0.25, -0.2) is 0 Å².